The van der Waals surface area contributed by atoms with E-state index >= 15 is 0 Å². The number of hydrogen-bond donors (Lipinski definition) is 1. The van der Waals surface area contributed by atoms with E-state index in [1.165, 1.54) is 0 Å². The predicted octanol–water partition coefficient (Wildman–Crippen LogP) is 5.32. The number of amidine groups is 1. The highest BCUT2D eigenvalue weighted by Crippen LogP contribution is 2.22. The molecule has 104 valence electrons. The molecule has 2 aromatic carbocycles. The van der Waals surface area contributed by atoms with Crippen LogP contribution >= 0.6 is 35.0 Å². The first-order valence-corrected chi connectivity index (χ1v) is 8.01. The Bertz CT molecular complexity index is 600. The van der Waals surface area contributed by atoms with Crippen molar-refractivity contribution in [3.05, 3.63) is 64.1 Å². The largest absolute Gasteiger partial charge is 0.335 e. The lowest BCUT2D eigenvalue weighted by atomic mass is 10.2. The molecule has 0 aliphatic rings. The Morgan fingerprint density at radius 1 is 1.15 bits per heavy atom. The second kappa shape index (κ2) is 7.58. The maximum Gasteiger partial charge on any atom is 0.161 e. The van der Waals surface area contributed by atoms with Crippen molar-refractivity contribution in [1.82, 2.24) is 0 Å². The molecule has 0 saturated carbocycles. The number of thioether (sulfide) groups is 1. The first-order chi connectivity index (χ1) is 9.69. The van der Waals surface area contributed by atoms with Gasteiger partial charge in [0.05, 0.1) is 6.54 Å². The van der Waals surface area contributed by atoms with Gasteiger partial charge in [-0.1, -0.05) is 59.2 Å². The molecule has 0 aliphatic heterocycles. The van der Waals surface area contributed by atoms with Crippen molar-refractivity contribution in [2.24, 2.45) is 4.99 Å². The fourth-order valence-electron chi connectivity index (χ4n) is 1.61. The second-order valence-electron chi connectivity index (χ2n) is 4.05. The topological polar surface area (TPSA) is 24.4 Å². The van der Waals surface area contributed by atoms with Gasteiger partial charge in [0.15, 0.2) is 5.17 Å². The van der Waals surface area contributed by atoms with E-state index in [2.05, 4.69) is 10.3 Å². The molecular weight excluding hydrogens is 311 g/mol. The highest BCUT2D eigenvalue weighted by atomic mass is 35.5. The van der Waals surface area contributed by atoms with E-state index in [1.54, 1.807) is 17.8 Å². The van der Waals surface area contributed by atoms with E-state index in [-0.39, 0.29) is 0 Å². The van der Waals surface area contributed by atoms with Crippen LogP contribution in [0.4, 0.5) is 5.69 Å². The van der Waals surface area contributed by atoms with E-state index in [0.717, 1.165) is 16.4 Å². The maximum absolute atomic E-state index is 6.14. The van der Waals surface area contributed by atoms with Crippen LogP contribution in [0.1, 0.15) is 5.56 Å². The van der Waals surface area contributed by atoms with Crippen molar-refractivity contribution in [1.29, 1.82) is 0 Å². The summed E-state index contributed by atoms with van der Waals surface area (Å²) in [6.45, 7) is 0.520. The van der Waals surface area contributed by atoms with E-state index in [9.17, 15) is 0 Å². The summed E-state index contributed by atoms with van der Waals surface area (Å²) in [4.78, 5) is 4.54. The molecule has 0 radical (unpaired) electrons. The zero-order chi connectivity index (χ0) is 14.4. The maximum atomic E-state index is 6.14. The zero-order valence-corrected chi connectivity index (χ0v) is 13.3. The number of anilines is 1. The number of hydrogen-bond acceptors (Lipinski definition) is 2. The second-order valence-corrected chi connectivity index (χ2v) is 5.69. The van der Waals surface area contributed by atoms with Crippen LogP contribution in [0.5, 0.6) is 0 Å². The van der Waals surface area contributed by atoms with Crippen molar-refractivity contribution in [2.45, 2.75) is 6.54 Å². The minimum atomic E-state index is 0.520. The van der Waals surface area contributed by atoms with Gasteiger partial charge in [0.25, 0.3) is 0 Å². The van der Waals surface area contributed by atoms with E-state index < -0.39 is 0 Å². The molecule has 0 amide bonds. The number of nitrogens with zero attached hydrogens (tertiary/aromatic N) is 1. The van der Waals surface area contributed by atoms with Gasteiger partial charge in [0.2, 0.25) is 0 Å². The summed E-state index contributed by atoms with van der Waals surface area (Å²) in [5.74, 6) is 0. The lowest BCUT2D eigenvalue weighted by Crippen LogP contribution is -2.07. The first-order valence-electron chi connectivity index (χ1n) is 6.03. The number of rotatable bonds is 3. The van der Waals surface area contributed by atoms with Gasteiger partial charge in [-0.3, -0.25) is 4.99 Å². The fraction of sp³-hybridized carbons (Fsp3) is 0.133. The van der Waals surface area contributed by atoms with E-state index in [4.69, 9.17) is 23.2 Å². The molecule has 0 fully saturated rings. The van der Waals surface area contributed by atoms with Gasteiger partial charge >= 0.3 is 0 Å². The van der Waals surface area contributed by atoms with Crippen LogP contribution in [0, 0.1) is 0 Å². The fourth-order valence-corrected chi connectivity index (χ4v) is 2.49. The van der Waals surface area contributed by atoms with Crippen LogP contribution in [0.25, 0.3) is 0 Å². The molecular formula is C15H14Cl2N2S. The number of para-hydroxylation sites is 1. The Labute approximate surface area is 133 Å². The molecule has 0 spiro atoms. The minimum absolute atomic E-state index is 0.520. The first kappa shape index (κ1) is 15.2. The monoisotopic (exact) mass is 324 g/mol. The average molecular weight is 325 g/mol. The van der Waals surface area contributed by atoms with Gasteiger partial charge < -0.3 is 5.32 Å². The summed E-state index contributed by atoms with van der Waals surface area (Å²) in [6, 6.07) is 15.4. The van der Waals surface area contributed by atoms with Gasteiger partial charge in [-0.15, -0.1) is 0 Å². The molecule has 0 saturated heterocycles. The van der Waals surface area contributed by atoms with Crippen molar-refractivity contribution in [2.75, 3.05) is 11.6 Å². The molecule has 0 aromatic heterocycles. The van der Waals surface area contributed by atoms with Crippen LogP contribution in [-0.2, 0) is 6.54 Å². The molecule has 1 N–H and O–H groups in total. The highest BCUT2D eigenvalue weighted by molar-refractivity contribution is 8.13. The minimum Gasteiger partial charge on any atom is -0.335 e. The Morgan fingerprint density at radius 3 is 2.55 bits per heavy atom. The third-order valence-corrected chi connectivity index (χ3v) is 3.83. The molecule has 0 bridgehead atoms. The van der Waals surface area contributed by atoms with Gasteiger partial charge in [-0.05, 0) is 36.1 Å². The SMILES string of the molecule is CSC(=NCc1ccc(Cl)cc1Cl)Nc1ccccc1. The molecule has 2 nitrogen and oxygen atoms in total. The number of aliphatic imine (C=N–C) groups is 1. The quantitative estimate of drug-likeness (QED) is 0.610. The van der Waals surface area contributed by atoms with E-state index in [0.29, 0.717) is 16.6 Å². The van der Waals surface area contributed by atoms with Crippen LogP contribution in [-0.4, -0.2) is 11.4 Å². The van der Waals surface area contributed by atoms with Crippen molar-refractivity contribution >= 4 is 45.8 Å². The Balaban J connectivity index is 2.07. The Morgan fingerprint density at radius 2 is 1.90 bits per heavy atom. The lowest BCUT2D eigenvalue weighted by molar-refractivity contribution is 1.07. The Kier molecular flexibility index (Phi) is 5.77. The third kappa shape index (κ3) is 4.44. The van der Waals surface area contributed by atoms with Crippen LogP contribution in [0.2, 0.25) is 10.0 Å². The van der Waals surface area contributed by atoms with Crippen molar-refractivity contribution in [3.63, 3.8) is 0 Å². The molecule has 2 rings (SSSR count). The number of benzene rings is 2. The smallest absolute Gasteiger partial charge is 0.161 e. The molecule has 0 atom stereocenters. The van der Waals surface area contributed by atoms with Crippen LogP contribution in [0.3, 0.4) is 0 Å². The summed E-state index contributed by atoms with van der Waals surface area (Å²) in [5.41, 5.74) is 1.97. The zero-order valence-electron chi connectivity index (χ0n) is 10.9. The molecule has 0 unspecified atom stereocenters. The summed E-state index contributed by atoms with van der Waals surface area (Å²) < 4.78 is 0. The average Bonchev–Trinajstić information content (AvgIpc) is 2.46. The van der Waals surface area contributed by atoms with Gasteiger partial charge in [0, 0.05) is 15.7 Å². The Hall–Kier alpha value is -1.16. The lowest BCUT2D eigenvalue weighted by Gasteiger charge is -2.08. The van der Waals surface area contributed by atoms with Crippen molar-refractivity contribution < 1.29 is 0 Å². The number of nitrogens with one attached hydrogen (secondary N) is 1. The van der Waals surface area contributed by atoms with Crippen molar-refractivity contribution in [3.8, 4) is 0 Å². The molecule has 0 aliphatic carbocycles. The molecule has 0 heterocycles. The van der Waals surface area contributed by atoms with Gasteiger partial charge in [-0.25, -0.2) is 0 Å². The summed E-state index contributed by atoms with van der Waals surface area (Å²) >= 11 is 13.6. The molecule has 20 heavy (non-hydrogen) atoms. The van der Waals surface area contributed by atoms with Gasteiger partial charge in [-0.2, -0.15) is 0 Å². The summed E-state index contributed by atoms with van der Waals surface area (Å²) in [7, 11) is 0. The summed E-state index contributed by atoms with van der Waals surface area (Å²) in [5, 5.41) is 5.40. The standard InChI is InChI=1S/C15H14Cl2N2S/c1-20-15(19-13-5-3-2-4-6-13)18-10-11-7-8-12(16)9-14(11)17/h2-9H,10H2,1H3,(H,18,19). The van der Waals surface area contributed by atoms with E-state index in [1.807, 2.05) is 48.7 Å². The third-order valence-electron chi connectivity index (χ3n) is 2.63. The van der Waals surface area contributed by atoms with Crippen LogP contribution in [0.15, 0.2) is 53.5 Å². The van der Waals surface area contributed by atoms with Crippen LogP contribution < -0.4 is 5.32 Å². The van der Waals surface area contributed by atoms with Gasteiger partial charge in [0.1, 0.15) is 0 Å². The predicted molar refractivity (Wildman–Crippen MR) is 91.2 cm³/mol. The molecule has 5 heteroatoms. The summed E-state index contributed by atoms with van der Waals surface area (Å²) in [6.07, 6.45) is 1.98. The number of halogens is 2. The normalized spacial score (nSPS) is 11.4. The highest BCUT2D eigenvalue weighted by Gasteiger charge is 2.02. The molecule has 2 aromatic rings.